The zero-order valence-electron chi connectivity index (χ0n) is 16.5. The standard InChI is InChI=1S/C20H28N2O6/c1-20(2,3)28-18(25)21-16(17(23)24)15-9-11-22(12-10-15)19(26)27-13-14-7-5-4-6-8-14/h4-8,15-16H,9-13H2,1-3H3,(H,21,25)(H,23,24)/t16-/m0/s1. The van der Waals surface area contributed by atoms with E-state index in [1.165, 1.54) is 0 Å². The van der Waals surface area contributed by atoms with E-state index in [1.54, 1.807) is 25.7 Å². The number of carbonyl (C=O) groups excluding carboxylic acids is 2. The van der Waals surface area contributed by atoms with Crippen molar-refractivity contribution in [1.29, 1.82) is 0 Å². The Morgan fingerprint density at radius 1 is 1.18 bits per heavy atom. The van der Waals surface area contributed by atoms with Crippen LogP contribution in [-0.4, -0.2) is 52.9 Å². The van der Waals surface area contributed by atoms with Gasteiger partial charge in [-0.1, -0.05) is 30.3 Å². The van der Waals surface area contributed by atoms with Crippen molar-refractivity contribution in [2.75, 3.05) is 13.1 Å². The maximum absolute atomic E-state index is 12.2. The van der Waals surface area contributed by atoms with Gasteiger partial charge in [0.1, 0.15) is 18.2 Å². The van der Waals surface area contributed by atoms with E-state index in [9.17, 15) is 19.5 Å². The summed E-state index contributed by atoms with van der Waals surface area (Å²) in [5.74, 6) is -1.40. The number of piperidine rings is 1. The van der Waals surface area contributed by atoms with Crippen LogP contribution in [0.1, 0.15) is 39.2 Å². The highest BCUT2D eigenvalue weighted by molar-refractivity contribution is 5.80. The first kappa shape index (κ1) is 21.5. The first-order valence-corrected chi connectivity index (χ1v) is 9.33. The molecule has 2 N–H and O–H groups in total. The molecule has 8 nitrogen and oxygen atoms in total. The molecule has 0 aromatic heterocycles. The van der Waals surface area contributed by atoms with E-state index in [2.05, 4.69) is 5.32 Å². The van der Waals surface area contributed by atoms with Gasteiger partial charge >= 0.3 is 18.2 Å². The number of carbonyl (C=O) groups is 3. The van der Waals surface area contributed by atoms with Crippen LogP contribution in [-0.2, 0) is 20.9 Å². The molecular formula is C20H28N2O6. The van der Waals surface area contributed by atoms with Gasteiger partial charge in [0.05, 0.1) is 0 Å². The molecule has 2 rings (SSSR count). The largest absolute Gasteiger partial charge is 0.480 e. The number of hydrogen-bond acceptors (Lipinski definition) is 5. The van der Waals surface area contributed by atoms with Gasteiger partial charge in [-0.15, -0.1) is 0 Å². The summed E-state index contributed by atoms with van der Waals surface area (Å²) in [6, 6.07) is 8.33. The average Bonchev–Trinajstić information content (AvgIpc) is 2.63. The molecule has 0 spiro atoms. The van der Waals surface area contributed by atoms with E-state index in [0.717, 1.165) is 5.56 Å². The Hall–Kier alpha value is -2.77. The number of ether oxygens (including phenoxy) is 2. The topological polar surface area (TPSA) is 105 Å². The van der Waals surface area contributed by atoms with Gasteiger partial charge in [0.2, 0.25) is 0 Å². The van der Waals surface area contributed by atoms with Crippen LogP contribution in [0.25, 0.3) is 0 Å². The first-order valence-electron chi connectivity index (χ1n) is 9.33. The van der Waals surface area contributed by atoms with Crippen LogP contribution in [0.2, 0.25) is 0 Å². The monoisotopic (exact) mass is 392 g/mol. The number of amides is 2. The van der Waals surface area contributed by atoms with Gasteiger partial charge < -0.3 is 24.8 Å². The normalized spacial score (nSPS) is 16.2. The summed E-state index contributed by atoms with van der Waals surface area (Å²) in [6.45, 7) is 6.07. The zero-order valence-corrected chi connectivity index (χ0v) is 16.5. The van der Waals surface area contributed by atoms with E-state index in [1.807, 2.05) is 30.3 Å². The van der Waals surface area contributed by atoms with Crippen LogP contribution in [0, 0.1) is 5.92 Å². The minimum absolute atomic E-state index is 0.192. The number of nitrogens with one attached hydrogen (secondary N) is 1. The van der Waals surface area contributed by atoms with Crippen molar-refractivity contribution in [2.24, 2.45) is 5.92 Å². The molecule has 0 unspecified atom stereocenters. The third-order valence-electron chi connectivity index (χ3n) is 4.41. The van der Waals surface area contributed by atoms with Gasteiger partial charge in [0.15, 0.2) is 0 Å². The Morgan fingerprint density at radius 3 is 2.32 bits per heavy atom. The average molecular weight is 392 g/mol. The molecule has 28 heavy (non-hydrogen) atoms. The van der Waals surface area contributed by atoms with Crippen molar-refractivity contribution in [1.82, 2.24) is 10.2 Å². The smallest absolute Gasteiger partial charge is 0.410 e. The Bertz CT molecular complexity index is 678. The number of rotatable bonds is 5. The second kappa shape index (κ2) is 9.43. The number of carboxylic acids is 1. The van der Waals surface area contributed by atoms with Crippen LogP contribution >= 0.6 is 0 Å². The summed E-state index contributed by atoms with van der Waals surface area (Å²) < 4.78 is 10.5. The van der Waals surface area contributed by atoms with Crippen LogP contribution in [0.3, 0.4) is 0 Å². The van der Waals surface area contributed by atoms with Gasteiger partial charge in [-0.05, 0) is 45.1 Å². The Balaban J connectivity index is 1.83. The third kappa shape index (κ3) is 6.75. The lowest BCUT2D eigenvalue weighted by molar-refractivity contribution is -0.141. The highest BCUT2D eigenvalue weighted by atomic mass is 16.6. The quantitative estimate of drug-likeness (QED) is 0.798. The van der Waals surface area contributed by atoms with Gasteiger partial charge in [0.25, 0.3) is 0 Å². The van der Waals surface area contributed by atoms with E-state index >= 15 is 0 Å². The fourth-order valence-electron chi connectivity index (χ4n) is 3.04. The van der Waals surface area contributed by atoms with Crippen LogP contribution in [0.15, 0.2) is 30.3 Å². The summed E-state index contributed by atoms with van der Waals surface area (Å²) in [6.07, 6.45) is -0.278. The summed E-state index contributed by atoms with van der Waals surface area (Å²) in [4.78, 5) is 37.3. The van der Waals surface area contributed by atoms with Crippen molar-refractivity contribution in [3.8, 4) is 0 Å². The molecule has 0 bridgehead atoms. The molecule has 1 heterocycles. The minimum Gasteiger partial charge on any atom is -0.480 e. The number of benzene rings is 1. The lowest BCUT2D eigenvalue weighted by atomic mass is 9.89. The summed E-state index contributed by atoms with van der Waals surface area (Å²) in [5, 5.41) is 11.9. The van der Waals surface area contributed by atoms with Crippen LogP contribution in [0.5, 0.6) is 0 Å². The highest BCUT2D eigenvalue weighted by Gasteiger charge is 2.35. The Morgan fingerprint density at radius 2 is 1.79 bits per heavy atom. The van der Waals surface area contributed by atoms with E-state index < -0.39 is 29.8 Å². The fraction of sp³-hybridized carbons (Fsp3) is 0.550. The maximum atomic E-state index is 12.2. The van der Waals surface area contributed by atoms with Gasteiger partial charge in [-0.2, -0.15) is 0 Å². The second-order valence-electron chi connectivity index (χ2n) is 7.83. The van der Waals surface area contributed by atoms with E-state index in [0.29, 0.717) is 25.9 Å². The fourth-order valence-corrected chi connectivity index (χ4v) is 3.04. The lowest BCUT2D eigenvalue weighted by Gasteiger charge is -2.34. The van der Waals surface area contributed by atoms with Gasteiger partial charge in [-0.25, -0.2) is 14.4 Å². The number of alkyl carbamates (subject to hydrolysis) is 1. The SMILES string of the molecule is CC(C)(C)OC(=O)N[C@H](C(=O)O)C1CCN(C(=O)OCc2ccccc2)CC1. The Kier molecular flexibility index (Phi) is 7.25. The molecule has 1 saturated heterocycles. The Labute approximate surface area is 164 Å². The number of likely N-dealkylation sites (tertiary alicyclic amines) is 1. The minimum atomic E-state index is -1.11. The van der Waals surface area contributed by atoms with Gasteiger partial charge in [0, 0.05) is 13.1 Å². The predicted molar refractivity (Wildman–Crippen MR) is 102 cm³/mol. The second-order valence-corrected chi connectivity index (χ2v) is 7.83. The van der Waals surface area contributed by atoms with Crippen molar-refractivity contribution in [2.45, 2.75) is 51.9 Å². The van der Waals surface area contributed by atoms with E-state index in [-0.39, 0.29) is 12.5 Å². The zero-order chi connectivity index (χ0) is 20.7. The van der Waals surface area contributed by atoms with Gasteiger partial charge in [-0.3, -0.25) is 0 Å². The highest BCUT2D eigenvalue weighted by Crippen LogP contribution is 2.22. The van der Waals surface area contributed by atoms with Crippen LogP contribution < -0.4 is 5.32 Å². The van der Waals surface area contributed by atoms with Crippen molar-refractivity contribution >= 4 is 18.2 Å². The molecule has 0 saturated carbocycles. The third-order valence-corrected chi connectivity index (χ3v) is 4.41. The van der Waals surface area contributed by atoms with E-state index in [4.69, 9.17) is 9.47 Å². The molecule has 1 aliphatic heterocycles. The molecule has 154 valence electrons. The summed E-state index contributed by atoms with van der Waals surface area (Å²) in [7, 11) is 0. The number of hydrogen-bond donors (Lipinski definition) is 2. The van der Waals surface area contributed by atoms with Crippen molar-refractivity contribution in [3.63, 3.8) is 0 Å². The molecule has 2 amide bonds. The number of carboxylic acid groups (broad SMARTS) is 1. The first-order chi connectivity index (χ1) is 13.2. The van der Waals surface area contributed by atoms with Crippen molar-refractivity contribution in [3.05, 3.63) is 35.9 Å². The molecular weight excluding hydrogens is 364 g/mol. The number of nitrogens with zero attached hydrogens (tertiary/aromatic N) is 1. The molecule has 1 aromatic carbocycles. The molecule has 1 aromatic rings. The lowest BCUT2D eigenvalue weighted by Crippen LogP contribution is -2.51. The van der Waals surface area contributed by atoms with Crippen molar-refractivity contribution < 1.29 is 29.0 Å². The predicted octanol–water partition coefficient (Wildman–Crippen LogP) is 3.01. The summed E-state index contributed by atoms with van der Waals surface area (Å²) >= 11 is 0. The van der Waals surface area contributed by atoms with Crippen LogP contribution in [0.4, 0.5) is 9.59 Å². The molecule has 1 aliphatic rings. The summed E-state index contributed by atoms with van der Waals surface area (Å²) in [5.41, 5.74) is 0.192. The molecule has 1 fully saturated rings. The molecule has 0 aliphatic carbocycles. The molecule has 0 radical (unpaired) electrons. The molecule has 1 atom stereocenters. The number of aliphatic carboxylic acids is 1. The molecule has 8 heteroatoms. The maximum Gasteiger partial charge on any atom is 0.410 e.